The summed E-state index contributed by atoms with van der Waals surface area (Å²) in [6.45, 7) is 10.4. The summed E-state index contributed by atoms with van der Waals surface area (Å²) in [4.78, 5) is -0.599. The van der Waals surface area contributed by atoms with E-state index in [0.717, 1.165) is 25.0 Å². The molecule has 1 aromatic carbocycles. The third kappa shape index (κ3) is 6.57. The van der Waals surface area contributed by atoms with E-state index in [1.807, 2.05) is 20.8 Å². The molecular weight excluding hydrogens is 424 g/mol. The fourth-order valence-electron chi connectivity index (χ4n) is 2.76. The number of hydrogen-bond acceptors (Lipinski definition) is 2. The Balaban J connectivity index is 3.16. The van der Waals surface area contributed by atoms with Gasteiger partial charge in [0.25, 0.3) is 0 Å². The minimum Gasteiger partial charge on any atom is -0.207 e. The van der Waals surface area contributed by atoms with Gasteiger partial charge in [0.15, 0.2) is 0 Å². The average molecular weight is 454 g/mol. The largest absolute Gasteiger partial charge is 0.246 e. The third-order valence-electron chi connectivity index (χ3n) is 4.38. The van der Waals surface area contributed by atoms with Crippen molar-refractivity contribution in [1.29, 1.82) is 0 Å². The summed E-state index contributed by atoms with van der Waals surface area (Å²) in [5.74, 6) is -0.883. The van der Waals surface area contributed by atoms with Crippen molar-refractivity contribution < 1.29 is 17.2 Å². The number of hydrogen-bond donors (Lipinski definition) is 0. The number of nitrogens with zero attached hydrogens (tertiary/aromatic N) is 1. The van der Waals surface area contributed by atoms with E-state index in [1.54, 1.807) is 0 Å². The second-order valence-corrected chi connectivity index (χ2v) is 10.4. The van der Waals surface area contributed by atoms with Gasteiger partial charge < -0.3 is 0 Å². The maximum atomic E-state index is 14.3. The van der Waals surface area contributed by atoms with Gasteiger partial charge in [0.2, 0.25) is 10.0 Å². The molecule has 0 aliphatic rings. The maximum Gasteiger partial charge on any atom is 0.246 e. The molecule has 0 spiro atoms. The molecule has 1 aromatic rings. The minimum absolute atomic E-state index is 0.0901. The highest BCUT2D eigenvalue weighted by molar-refractivity contribution is 9.10. The van der Waals surface area contributed by atoms with Crippen molar-refractivity contribution in [3.05, 3.63) is 28.2 Å². The fraction of sp³-hybridized carbons (Fsp3) is 0.684. The van der Waals surface area contributed by atoms with Crippen LogP contribution in [0.1, 0.15) is 60.3 Å². The van der Waals surface area contributed by atoms with Crippen molar-refractivity contribution in [2.75, 3.05) is 6.54 Å². The van der Waals surface area contributed by atoms with Crippen LogP contribution in [0.5, 0.6) is 0 Å². The summed E-state index contributed by atoms with van der Waals surface area (Å²) < 4.78 is 55.6. The first kappa shape index (κ1) is 23.5. The highest BCUT2D eigenvalue weighted by atomic mass is 79.9. The molecule has 1 rings (SSSR count). The van der Waals surface area contributed by atoms with Gasteiger partial charge in [-0.05, 0) is 59.7 Å². The molecule has 0 bridgehead atoms. The van der Waals surface area contributed by atoms with Gasteiger partial charge in [-0.15, -0.1) is 0 Å². The standard InChI is InChI=1S/C19H30BrF2NO2S/c1-13(2)7-6-8-15(5)23(10-9-14(3)4)26(24,25)19-12-17(21)16(20)11-18(19)22/h11-15H,6-10H2,1-5H3. The van der Waals surface area contributed by atoms with Gasteiger partial charge >= 0.3 is 0 Å². The summed E-state index contributed by atoms with van der Waals surface area (Å²) in [6, 6.07) is 1.35. The molecule has 26 heavy (non-hydrogen) atoms. The van der Waals surface area contributed by atoms with Crippen molar-refractivity contribution in [1.82, 2.24) is 4.31 Å². The van der Waals surface area contributed by atoms with Crippen molar-refractivity contribution in [2.45, 2.75) is 71.2 Å². The van der Waals surface area contributed by atoms with Gasteiger partial charge in [-0.1, -0.05) is 40.5 Å². The van der Waals surface area contributed by atoms with Gasteiger partial charge in [-0.3, -0.25) is 0 Å². The van der Waals surface area contributed by atoms with Crippen LogP contribution in [0, 0.1) is 23.5 Å². The van der Waals surface area contributed by atoms with Crippen molar-refractivity contribution >= 4 is 26.0 Å². The van der Waals surface area contributed by atoms with Crippen LogP contribution >= 0.6 is 15.9 Å². The smallest absolute Gasteiger partial charge is 0.207 e. The molecular formula is C19H30BrF2NO2S. The summed E-state index contributed by atoms with van der Waals surface area (Å²) in [5, 5.41) is 0. The Labute approximate surface area is 165 Å². The molecule has 7 heteroatoms. The quantitative estimate of drug-likeness (QED) is 0.408. The zero-order valence-corrected chi connectivity index (χ0v) is 18.6. The molecule has 1 unspecified atom stereocenters. The summed E-state index contributed by atoms with van der Waals surface area (Å²) >= 11 is 2.89. The van der Waals surface area contributed by atoms with Crippen LogP contribution < -0.4 is 0 Å². The Bertz CT molecular complexity index is 693. The second-order valence-electron chi connectivity index (χ2n) is 7.67. The minimum atomic E-state index is -4.12. The van der Waals surface area contributed by atoms with Gasteiger partial charge in [0.1, 0.15) is 16.5 Å². The van der Waals surface area contributed by atoms with Crippen molar-refractivity contribution in [2.24, 2.45) is 11.8 Å². The summed E-state index contributed by atoms with van der Waals surface area (Å²) in [7, 11) is -4.12. The maximum absolute atomic E-state index is 14.3. The summed E-state index contributed by atoms with van der Waals surface area (Å²) in [5.41, 5.74) is 0. The van der Waals surface area contributed by atoms with Gasteiger partial charge in [0.05, 0.1) is 4.47 Å². The fourth-order valence-corrected chi connectivity index (χ4v) is 4.81. The predicted octanol–water partition coefficient (Wildman–Crippen LogP) is 5.98. The van der Waals surface area contributed by atoms with E-state index in [1.165, 1.54) is 4.31 Å². The lowest BCUT2D eigenvalue weighted by Gasteiger charge is -2.29. The first-order chi connectivity index (χ1) is 12.0. The number of halogens is 3. The zero-order valence-electron chi connectivity index (χ0n) is 16.2. The molecule has 150 valence electrons. The van der Waals surface area contributed by atoms with Gasteiger partial charge in [-0.2, -0.15) is 4.31 Å². The Kier molecular flexibility index (Phi) is 9.16. The second kappa shape index (κ2) is 10.1. The Morgan fingerprint density at radius 1 is 0.962 bits per heavy atom. The highest BCUT2D eigenvalue weighted by Crippen LogP contribution is 2.28. The lowest BCUT2D eigenvalue weighted by atomic mass is 10.0. The van der Waals surface area contributed by atoms with Crippen molar-refractivity contribution in [3.63, 3.8) is 0 Å². The molecule has 0 heterocycles. The van der Waals surface area contributed by atoms with E-state index in [-0.39, 0.29) is 10.5 Å². The van der Waals surface area contributed by atoms with Crippen molar-refractivity contribution in [3.8, 4) is 0 Å². The topological polar surface area (TPSA) is 37.4 Å². The van der Waals surface area contributed by atoms with Crippen LogP contribution in [0.2, 0.25) is 0 Å². The van der Waals surface area contributed by atoms with E-state index in [4.69, 9.17) is 0 Å². The Hall–Kier alpha value is -0.530. The molecule has 0 aromatic heterocycles. The third-order valence-corrected chi connectivity index (χ3v) is 7.02. The predicted molar refractivity (Wildman–Crippen MR) is 106 cm³/mol. The first-order valence-corrected chi connectivity index (χ1v) is 11.4. The molecule has 1 atom stereocenters. The molecule has 3 nitrogen and oxygen atoms in total. The number of rotatable bonds is 10. The Morgan fingerprint density at radius 2 is 1.54 bits per heavy atom. The number of benzene rings is 1. The summed E-state index contributed by atoms with van der Waals surface area (Å²) in [6.07, 6.45) is 3.25. The van der Waals surface area contributed by atoms with E-state index in [2.05, 4.69) is 29.8 Å². The molecule has 0 aliphatic carbocycles. The molecule has 0 amide bonds. The average Bonchev–Trinajstić information content (AvgIpc) is 2.49. The normalized spacial score (nSPS) is 13.8. The molecule has 0 radical (unpaired) electrons. The molecule has 0 fully saturated rings. The van der Waals surface area contributed by atoms with E-state index >= 15 is 0 Å². The SMILES string of the molecule is CC(C)CCCC(C)N(CCC(C)C)S(=O)(=O)c1cc(F)c(Br)cc1F. The van der Waals surface area contributed by atoms with Crippen LogP contribution in [-0.4, -0.2) is 25.3 Å². The van der Waals surface area contributed by atoms with Crippen LogP contribution in [0.3, 0.4) is 0 Å². The molecule has 0 aliphatic heterocycles. The van der Waals surface area contributed by atoms with Gasteiger partial charge in [0, 0.05) is 12.6 Å². The van der Waals surface area contributed by atoms with Gasteiger partial charge in [-0.25, -0.2) is 17.2 Å². The van der Waals surface area contributed by atoms with E-state index in [9.17, 15) is 17.2 Å². The Morgan fingerprint density at radius 3 is 2.08 bits per heavy atom. The lowest BCUT2D eigenvalue weighted by molar-refractivity contribution is 0.294. The zero-order chi connectivity index (χ0) is 20.1. The van der Waals surface area contributed by atoms with Crippen LogP contribution in [0.25, 0.3) is 0 Å². The number of sulfonamides is 1. The van der Waals surface area contributed by atoms with E-state index in [0.29, 0.717) is 31.2 Å². The van der Waals surface area contributed by atoms with E-state index < -0.39 is 26.6 Å². The van der Waals surface area contributed by atoms with Crippen LogP contribution in [0.15, 0.2) is 21.5 Å². The molecule has 0 saturated carbocycles. The highest BCUT2D eigenvalue weighted by Gasteiger charge is 2.32. The van der Waals surface area contributed by atoms with Crippen LogP contribution in [0.4, 0.5) is 8.78 Å². The van der Waals surface area contributed by atoms with Crippen LogP contribution in [-0.2, 0) is 10.0 Å². The molecule has 0 N–H and O–H groups in total. The molecule has 0 saturated heterocycles. The lowest BCUT2D eigenvalue weighted by Crippen LogP contribution is -2.40. The first-order valence-electron chi connectivity index (χ1n) is 9.13. The monoisotopic (exact) mass is 453 g/mol.